The third kappa shape index (κ3) is 2.05. The fraction of sp³-hybridized carbons (Fsp3) is 0.368. The summed E-state index contributed by atoms with van der Waals surface area (Å²) in [5, 5.41) is 23.7. The molecule has 5 nitrogen and oxygen atoms in total. The van der Waals surface area contributed by atoms with Crippen LogP contribution in [0.25, 0.3) is 11.1 Å². The number of methoxy groups -OCH3 is 2. The number of hydrogen-bond acceptors (Lipinski definition) is 5. The minimum absolute atomic E-state index is 0.0326. The molecule has 1 aliphatic heterocycles. The van der Waals surface area contributed by atoms with E-state index in [1.54, 1.807) is 14.2 Å². The van der Waals surface area contributed by atoms with Crippen LogP contribution in [-0.4, -0.2) is 37.1 Å². The summed E-state index contributed by atoms with van der Waals surface area (Å²) in [6.45, 7) is -0.123. The molecule has 0 unspecified atom stereocenters. The first-order chi connectivity index (χ1) is 11.7. The Morgan fingerprint density at radius 2 is 2.00 bits per heavy atom. The van der Waals surface area contributed by atoms with Gasteiger partial charge in [-0.05, 0) is 34.7 Å². The van der Waals surface area contributed by atoms with Crippen LogP contribution in [0.4, 0.5) is 0 Å². The molecule has 24 heavy (non-hydrogen) atoms. The summed E-state index contributed by atoms with van der Waals surface area (Å²) in [7, 11) is 3.23. The van der Waals surface area contributed by atoms with Crippen LogP contribution in [0.2, 0.25) is 0 Å². The molecule has 0 radical (unpaired) electrons. The maximum absolute atomic E-state index is 10.7. The molecule has 0 bridgehead atoms. The topological polar surface area (TPSA) is 71.0 Å². The molecule has 2 aromatic carbocycles. The van der Waals surface area contributed by atoms with E-state index in [1.807, 2.05) is 18.2 Å². The van der Waals surface area contributed by atoms with Gasteiger partial charge in [-0.15, -0.1) is 0 Å². The van der Waals surface area contributed by atoms with Crippen molar-refractivity contribution in [3.63, 3.8) is 0 Å². The lowest BCUT2D eigenvalue weighted by Gasteiger charge is -2.41. The zero-order valence-electron chi connectivity index (χ0n) is 13.7. The zero-order chi connectivity index (χ0) is 16.8. The van der Waals surface area contributed by atoms with Crippen LogP contribution >= 0.6 is 0 Å². The quantitative estimate of drug-likeness (QED) is 0.804. The van der Waals surface area contributed by atoms with Crippen LogP contribution in [-0.2, 0) is 6.42 Å². The molecule has 2 aromatic rings. The Morgan fingerprint density at radius 1 is 1.21 bits per heavy atom. The van der Waals surface area contributed by atoms with Gasteiger partial charge in [-0.1, -0.05) is 24.3 Å². The van der Waals surface area contributed by atoms with E-state index in [9.17, 15) is 10.2 Å². The van der Waals surface area contributed by atoms with Gasteiger partial charge in [-0.3, -0.25) is 0 Å². The van der Waals surface area contributed by atoms with Gasteiger partial charge >= 0.3 is 0 Å². The lowest BCUT2D eigenvalue weighted by Crippen LogP contribution is -2.46. The molecule has 3 N–H and O–H groups in total. The van der Waals surface area contributed by atoms with Gasteiger partial charge in [0.2, 0.25) is 0 Å². The van der Waals surface area contributed by atoms with E-state index in [0.29, 0.717) is 11.5 Å². The lowest BCUT2D eigenvalue weighted by molar-refractivity contribution is 0.0712. The van der Waals surface area contributed by atoms with Crippen molar-refractivity contribution in [1.29, 1.82) is 0 Å². The molecule has 1 heterocycles. The maximum Gasteiger partial charge on any atom is 0.168 e. The van der Waals surface area contributed by atoms with E-state index in [2.05, 4.69) is 17.4 Å². The summed E-state index contributed by atoms with van der Waals surface area (Å²) in [6.07, 6.45) is 0.0274. The first-order valence-electron chi connectivity index (χ1n) is 8.11. The number of aliphatic hydroxyl groups is 2. The van der Waals surface area contributed by atoms with Crippen LogP contribution in [0, 0.1) is 0 Å². The molecule has 3 atom stereocenters. The highest BCUT2D eigenvalue weighted by Crippen LogP contribution is 2.52. The number of aliphatic hydroxyl groups excluding tert-OH is 2. The zero-order valence-corrected chi connectivity index (χ0v) is 13.7. The Balaban J connectivity index is 2.06. The van der Waals surface area contributed by atoms with E-state index in [4.69, 9.17) is 9.47 Å². The number of benzene rings is 2. The predicted molar refractivity (Wildman–Crippen MR) is 90.4 cm³/mol. The van der Waals surface area contributed by atoms with Gasteiger partial charge in [0, 0.05) is 11.6 Å². The van der Waals surface area contributed by atoms with Crippen molar-refractivity contribution in [1.82, 2.24) is 5.32 Å². The molecule has 0 saturated heterocycles. The second-order valence-corrected chi connectivity index (χ2v) is 6.30. The summed E-state index contributed by atoms with van der Waals surface area (Å²) in [5.41, 5.74) is 5.15. The molecular formula is C19H21NO4. The second-order valence-electron chi connectivity index (χ2n) is 6.30. The second kappa shape index (κ2) is 5.77. The Morgan fingerprint density at radius 3 is 2.71 bits per heavy atom. The van der Waals surface area contributed by atoms with Crippen molar-refractivity contribution >= 4 is 0 Å². The fourth-order valence-electron chi connectivity index (χ4n) is 4.04. The average molecular weight is 327 g/mol. The summed E-state index contributed by atoms with van der Waals surface area (Å²) >= 11 is 0. The summed E-state index contributed by atoms with van der Waals surface area (Å²) in [5.74, 6) is 1.28. The number of fused-ring (bicyclic) bond motifs is 2. The highest BCUT2D eigenvalue weighted by molar-refractivity contribution is 5.83. The van der Waals surface area contributed by atoms with Gasteiger partial charge in [-0.25, -0.2) is 0 Å². The lowest BCUT2D eigenvalue weighted by atomic mass is 9.75. The van der Waals surface area contributed by atoms with Crippen molar-refractivity contribution < 1.29 is 19.7 Å². The van der Waals surface area contributed by atoms with Crippen molar-refractivity contribution in [2.45, 2.75) is 24.6 Å². The first-order valence-corrected chi connectivity index (χ1v) is 8.11. The number of nitrogens with one attached hydrogen (secondary N) is 1. The van der Waals surface area contributed by atoms with Crippen molar-refractivity contribution in [3.8, 4) is 22.6 Å². The molecule has 0 aromatic heterocycles. The molecule has 2 aliphatic rings. The SMILES string of the molecule is COc1cc2c3c(c1OC)-c1ccccc1C[C@@H]3N[C@@H](CO)[C@@H]2O. The minimum atomic E-state index is -0.787. The van der Waals surface area contributed by atoms with Gasteiger partial charge < -0.3 is 25.0 Å². The molecule has 0 amide bonds. The first kappa shape index (κ1) is 15.4. The van der Waals surface area contributed by atoms with E-state index < -0.39 is 12.1 Å². The van der Waals surface area contributed by atoms with Gasteiger partial charge in [0.1, 0.15) is 0 Å². The highest BCUT2D eigenvalue weighted by Gasteiger charge is 2.40. The monoisotopic (exact) mass is 327 g/mol. The standard InChI is InChI=1S/C19H21NO4/c1-23-15-8-12-16-13(20-14(9-21)18(12)22)7-10-5-3-4-6-11(10)17(16)19(15)24-2/h3-6,8,13-14,18,20-22H,7,9H2,1-2H3/t13-,14-,18+/m0/s1. The van der Waals surface area contributed by atoms with Crippen LogP contribution in [0.1, 0.15) is 28.8 Å². The van der Waals surface area contributed by atoms with Crippen LogP contribution in [0.3, 0.4) is 0 Å². The summed E-state index contributed by atoms with van der Waals surface area (Å²) < 4.78 is 11.2. The maximum atomic E-state index is 10.7. The van der Waals surface area contributed by atoms with Gasteiger partial charge in [0.25, 0.3) is 0 Å². The average Bonchev–Trinajstić information content (AvgIpc) is 2.63. The molecule has 126 valence electrons. The number of hydrogen-bond donors (Lipinski definition) is 3. The minimum Gasteiger partial charge on any atom is -0.493 e. The predicted octanol–water partition coefficient (Wildman–Crippen LogP) is 1.97. The van der Waals surface area contributed by atoms with Gasteiger partial charge in [0.15, 0.2) is 11.5 Å². The van der Waals surface area contributed by atoms with Crippen molar-refractivity contribution in [2.75, 3.05) is 20.8 Å². The van der Waals surface area contributed by atoms with E-state index >= 15 is 0 Å². The molecule has 0 spiro atoms. The normalized spacial score (nSPS) is 24.1. The third-order valence-corrected chi connectivity index (χ3v) is 5.11. The Hall–Kier alpha value is -2.08. The Bertz CT molecular complexity index is 789. The molecule has 0 saturated carbocycles. The van der Waals surface area contributed by atoms with Crippen molar-refractivity contribution in [2.24, 2.45) is 0 Å². The smallest absolute Gasteiger partial charge is 0.168 e. The van der Waals surface area contributed by atoms with Crippen molar-refractivity contribution in [3.05, 3.63) is 47.0 Å². The number of ether oxygens (including phenoxy) is 2. The van der Waals surface area contributed by atoms with Gasteiger partial charge in [0.05, 0.1) is 33.0 Å². The van der Waals surface area contributed by atoms with Crippen LogP contribution < -0.4 is 14.8 Å². The van der Waals surface area contributed by atoms with E-state index in [0.717, 1.165) is 28.7 Å². The Labute approximate surface area is 140 Å². The fourth-order valence-corrected chi connectivity index (χ4v) is 4.04. The molecule has 4 rings (SSSR count). The number of rotatable bonds is 3. The molecular weight excluding hydrogens is 306 g/mol. The third-order valence-electron chi connectivity index (χ3n) is 5.11. The van der Waals surface area contributed by atoms with Gasteiger partial charge in [-0.2, -0.15) is 0 Å². The largest absolute Gasteiger partial charge is 0.493 e. The summed E-state index contributed by atoms with van der Waals surface area (Å²) in [6, 6.07) is 9.70. The molecule has 5 heteroatoms. The molecule has 0 fully saturated rings. The van der Waals surface area contributed by atoms with Crippen LogP contribution in [0.5, 0.6) is 11.5 Å². The van der Waals surface area contributed by atoms with E-state index in [1.165, 1.54) is 5.56 Å². The molecule has 1 aliphatic carbocycles. The highest BCUT2D eigenvalue weighted by atomic mass is 16.5. The van der Waals surface area contributed by atoms with Crippen LogP contribution in [0.15, 0.2) is 30.3 Å². The summed E-state index contributed by atoms with van der Waals surface area (Å²) in [4.78, 5) is 0. The van der Waals surface area contributed by atoms with E-state index in [-0.39, 0.29) is 12.6 Å². The Kier molecular flexibility index (Phi) is 3.72.